The van der Waals surface area contributed by atoms with E-state index in [2.05, 4.69) is 6.58 Å². The first-order valence-corrected chi connectivity index (χ1v) is 4.42. The smallest absolute Gasteiger partial charge is 0.268 e. The van der Waals surface area contributed by atoms with Crippen LogP contribution < -0.4 is 5.84 Å². The zero-order valence-electron chi connectivity index (χ0n) is 8.23. The molecule has 1 heterocycles. The maximum absolute atomic E-state index is 11.2. The minimum absolute atomic E-state index is 0.0828. The summed E-state index contributed by atoms with van der Waals surface area (Å²) in [5, 5.41) is 1.23. The highest BCUT2D eigenvalue weighted by Gasteiger charge is 2.23. The van der Waals surface area contributed by atoms with E-state index in [1.165, 1.54) is 5.01 Å². The quantitative estimate of drug-likeness (QED) is 0.384. The van der Waals surface area contributed by atoms with Gasteiger partial charge in [0.25, 0.3) is 5.91 Å². The number of amides is 1. The lowest BCUT2D eigenvalue weighted by atomic mass is 10.1. The Bertz CT molecular complexity index is 347. The molecule has 0 radical (unpaired) electrons. The highest BCUT2D eigenvalue weighted by atomic mass is 16.2. The molecule has 0 unspecified atom stereocenters. The number of hydrogen-bond acceptors (Lipinski definition) is 2. The van der Waals surface area contributed by atoms with Crippen LogP contribution in [0.2, 0.25) is 0 Å². The molecule has 14 heavy (non-hydrogen) atoms. The predicted molar refractivity (Wildman–Crippen MR) is 56.4 cm³/mol. The summed E-state index contributed by atoms with van der Waals surface area (Å²) in [5.41, 5.74) is 1.75. The van der Waals surface area contributed by atoms with Crippen LogP contribution in [0.15, 0.2) is 36.9 Å². The number of rotatable bonds is 0. The fourth-order valence-electron chi connectivity index (χ4n) is 1.28. The first-order chi connectivity index (χ1) is 6.70. The number of hydrazine groups is 1. The van der Waals surface area contributed by atoms with Gasteiger partial charge in [-0.15, -0.1) is 6.58 Å². The van der Waals surface area contributed by atoms with Crippen molar-refractivity contribution in [3.05, 3.63) is 48.0 Å². The van der Waals surface area contributed by atoms with Crippen molar-refractivity contribution >= 4 is 5.91 Å². The Hall–Kier alpha value is -1.61. The Labute approximate surface area is 83.8 Å². The molecule has 0 fully saturated rings. The predicted octanol–water partition coefficient (Wildman–Crippen LogP) is 1.71. The van der Waals surface area contributed by atoms with Crippen LogP contribution >= 0.6 is 0 Å². The van der Waals surface area contributed by atoms with Crippen LogP contribution in [0.5, 0.6) is 0 Å². The number of hydrogen-bond donors (Lipinski definition) is 1. The lowest BCUT2D eigenvalue weighted by Gasteiger charge is -2.04. The molecule has 3 nitrogen and oxygen atoms in total. The van der Waals surface area contributed by atoms with Gasteiger partial charge in [0.1, 0.15) is 0 Å². The third-order valence-electron chi connectivity index (χ3n) is 1.85. The zero-order valence-corrected chi connectivity index (χ0v) is 8.23. The molecule has 0 saturated carbocycles. The Morgan fingerprint density at radius 3 is 2.64 bits per heavy atom. The van der Waals surface area contributed by atoms with Gasteiger partial charge in [0.05, 0.1) is 6.54 Å². The van der Waals surface area contributed by atoms with Gasteiger partial charge in [-0.1, -0.05) is 24.3 Å². The first-order valence-electron chi connectivity index (χ1n) is 4.42. The molecule has 2 rings (SSSR count). The maximum atomic E-state index is 11.2. The molecule has 1 aromatic rings. The van der Waals surface area contributed by atoms with E-state index in [0.717, 1.165) is 11.1 Å². The molecule has 0 aliphatic carbocycles. The summed E-state index contributed by atoms with van der Waals surface area (Å²) in [7, 11) is 0. The number of carbonyl (C=O) groups excluding carboxylic acids is 1. The van der Waals surface area contributed by atoms with Crippen molar-refractivity contribution in [1.29, 1.82) is 0 Å². The van der Waals surface area contributed by atoms with Crippen LogP contribution in [-0.2, 0) is 6.54 Å². The van der Waals surface area contributed by atoms with E-state index in [1.54, 1.807) is 12.1 Å². The minimum atomic E-state index is -0.0828. The molecule has 1 aliphatic heterocycles. The molecule has 74 valence electrons. The van der Waals surface area contributed by atoms with Gasteiger partial charge in [-0.2, -0.15) is 0 Å². The van der Waals surface area contributed by atoms with E-state index < -0.39 is 0 Å². The fraction of sp³-hybridized carbons (Fsp3) is 0.182. The summed E-state index contributed by atoms with van der Waals surface area (Å²) in [5.74, 6) is 5.33. The highest BCUT2D eigenvalue weighted by Crippen LogP contribution is 2.18. The second kappa shape index (κ2) is 4.58. The minimum Gasteiger partial charge on any atom is -0.272 e. The van der Waals surface area contributed by atoms with Crippen molar-refractivity contribution in [3.8, 4) is 0 Å². The second-order valence-corrected chi connectivity index (χ2v) is 3.00. The SMILES string of the molecule is C=CC.NN1Cc2ccccc2C1=O. The molecular weight excluding hydrogens is 176 g/mol. The van der Waals surface area contributed by atoms with Gasteiger partial charge in [-0.3, -0.25) is 9.80 Å². The van der Waals surface area contributed by atoms with Crippen LogP contribution in [0.1, 0.15) is 22.8 Å². The first kappa shape index (κ1) is 10.5. The largest absolute Gasteiger partial charge is 0.272 e. The highest BCUT2D eigenvalue weighted by molar-refractivity contribution is 5.97. The summed E-state index contributed by atoms with van der Waals surface area (Å²) in [6.45, 7) is 5.79. The van der Waals surface area contributed by atoms with Crippen molar-refractivity contribution in [1.82, 2.24) is 5.01 Å². The van der Waals surface area contributed by atoms with Gasteiger partial charge >= 0.3 is 0 Å². The lowest BCUT2D eigenvalue weighted by molar-refractivity contribution is 0.0778. The summed E-state index contributed by atoms with van der Waals surface area (Å²) >= 11 is 0. The Morgan fingerprint density at radius 1 is 1.50 bits per heavy atom. The summed E-state index contributed by atoms with van der Waals surface area (Å²) in [6.07, 6.45) is 1.75. The lowest BCUT2D eigenvalue weighted by Crippen LogP contribution is -2.30. The third-order valence-corrected chi connectivity index (χ3v) is 1.85. The van der Waals surface area contributed by atoms with Crippen LogP contribution in [0.3, 0.4) is 0 Å². The number of nitrogens with two attached hydrogens (primary N) is 1. The zero-order chi connectivity index (χ0) is 10.6. The van der Waals surface area contributed by atoms with Gasteiger partial charge < -0.3 is 0 Å². The van der Waals surface area contributed by atoms with E-state index >= 15 is 0 Å². The molecular formula is C11H14N2O. The molecule has 0 atom stereocenters. The van der Waals surface area contributed by atoms with E-state index in [1.807, 2.05) is 25.1 Å². The number of allylic oxidation sites excluding steroid dienone is 1. The van der Waals surface area contributed by atoms with Gasteiger partial charge in [0.15, 0.2) is 0 Å². The summed E-state index contributed by atoms with van der Waals surface area (Å²) in [6, 6.07) is 7.46. The van der Waals surface area contributed by atoms with Gasteiger partial charge in [-0.05, 0) is 18.6 Å². The van der Waals surface area contributed by atoms with E-state index in [9.17, 15) is 4.79 Å². The fourth-order valence-corrected chi connectivity index (χ4v) is 1.28. The number of carbonyl (C=O) groups is 1. The maximum Gasteiger partial charge on any atom is 0.268 e. The standard InChI is InChI=1S/C8H8N2O.C3H6/c9-10-5-6-3-1-2-4-7(6)8(10)11;1-3-2/h1-4H,5,9H2;3H,1H2,2H3. The van der Waals surface area contributed by atoms with Crippen molar-refractivity contribution in [3.63, 3.8) is 0 Å². The number of fused-ring (bicyclic) bond motifs is 1. The average Bonchev–Trinajstić information content (AvgIpc) is 2.45. The number of benzene rings is 1. The van der Waals surface area contributed by atoms with Crippen molar-refractivity contribution in [2.45, 2.75) is 13.5 Å². The number of nitrogens with zero attached hydrogens (tertiary/aromatic N) is 1. The van der Waals surface area contributed by atoms with Gasteiger partial charge in [-0.25, -0.2) is 5.84 Å². The van der Waals surface area contributed by atoms with Crippen LogP contribution in [0.4, 0.5) is 0 Å². The normalized spacial score (nSPS) is 13.0. The van der Waals surface area contributed by atoms with Crippen molar-refractivity contribution in [2.24, 2.45) is 5.84 Å². The summed E-state index contributed by atoms with van der Waals surface area (Å²) in [4.78, 5) is 11.2. The molecule has 1 aromatic carbocycles. The average molecular weight is 190 g/mol. The van der Waals surface area contributed by atoms with E-state index in [4.69, 9.17) is 5.84 Å². The third kappa shape index (κ3) is 2.00. The molecule has 0 aromatic heterocycles. The molecule has 1 aliphatic rings. The monoisotopic (exact) mass is 190 g/mol. The molecule has 1 amide bonds. The van der Waals surface area contributed by atoms with E-state index in [0.29, 0.717) is 6.54 Å². The van der Waals surface area contributed by atoms with Crippen LogP contribution in [0.25, 0.3) is 0 Å². The van der Waals surface area contributed by atoms with Gasteiger partial charge in [0, 0.05) is 5.56 Å². The van der Waals surface area contributed by atoms with Crippen molar-refractivity contribution in [2.75, 3.05) is 0 Å². The topological polar surface area (TPSA) is 46.3 Å². The molecule has 2 N–H and O–H groups in total. The molecule has 0 spiro atoms. The Morgan fingerprint density at radius 2 is 2.07 bits per heavy atom. The molecule has 0 saturated heterocycles. The molecule has 0 bridgehead atoms. The second-order valence-electron chi connectivity index (χ2n) is 3.00. The van der Waals surface area contributed by atoms with Gasteiger partial charge in [0.2, 0.25) is 0 Å². The summed E-state index contributed by atoms with van der Waals surface area (Å²) < 4.78 is 0. The van der Waals surface area contributed by atoms with Crippen molar-refractivity contribution < 1.29 is 4.79 Å². The van der Waals surface area contributed by atoms with Crippen LogP contribution in [-0.4, -0.2) is 10.9 Å². The molecule has 3 heteroatoms. The van der Waals surface area contributed by atoms with Crippen LogP contribution in [0, 0.1) is 0 Å². The van der Waals surface area contributed by atoms with E-state index in [-0.39, 0.29) is 5.91 Å². The Balaban J connectivity index is 0.000000293. The Kier molecular flexibility index (Phi) is 3.42.